The van der Waals surface area contributed by atoms with Gasteiger partial charge < -0.3 is 34.6 Å². The Kier molecular flexibility index (Phi) is 21.1. The number of benzene rings is 2. The number of esters is 1. The summed E-state index contributed by atoms with van der Waals surface area (Å²) in [4.78, 5) is 43.4. The molecule has 2 saturated heterocycles. The molecule has 13 nitrogen and oxygen atoms in total. The van der Waals surface area contributed by atoms with E-state index in [1.54, 1.807) is 43.0 Å². The molecular weight excluding hydrogens is 804 g/mol. The Morgan fingerprint density at radius 2 is 1.10 bits per heavy atom. The molecule has 2 aromatic heterocycles. The molecule has 59 heavy (non-hydrogen) atoms. The minimum Gasteiger partial charge on any atom is -0.870 e. The summed E-state index contributed by atoms with van der Waals surface area (Å²) in [6.45, 7) is 4.75. The third kappa shape index (κ3) is 16.4. The van der Waals surface area contributed by atoms with Crippen LogP contribution >= 0.6 is 23.2 Å². The molecule has 2 N–H and O–H groups in total. The van der Waals surface area contributed by atoms with Gasteiger partial charge in [-0.25, -0.2) is 28.7 Å². The summed E-state index contributed by atoms with van der Waals surface area (Å²) >= 11 is 11.7. The molecule has 0 atom stereocenters. The standard InChI is InChI=1S/C21H25ClFN3O3.C20H23ClFN3O3.Li.H2O/c1-28-20(27)11-16-4-5-18(12-19(16)23)29-10-2-3-15-6-8-26(9-7-15)21-24-13-17(22)14-25-21;21-16-12-23-20(24-13-16)25-7-5-14(6-8-25)2-1-9-28-17-4-3-15(10-19(26)27)18(22)11-17;;/h4-5,12-15H,2-3,6-11H2,1H3;3-4,11-14H,1-2,5-10H2,(H,26,27);;1H2/q;;+1;/p-1. The molecule has 2 aliphatic heterocycles. The van der Waals surface area contributed by atoms with Crippen LogP contribution < -0.4 is 38.1 Å². The van der Waals surface area contributed by atoms with Crippen molar-refractivity contribution in [1.82, 2.24) is 19.9 Å². The fourth-order valence-electron chi connectivity index (χ4n) is 6.82. The second-order valence-corrected chi connectivity index (χ2v) is 14.9. The van der Waals surface area contributed by atoms with Crippen LogP contribution in [0.2, 0.25) is 10.0 Å². The number of aliphatic carboxylic acids is 1. The fraction of sp³-hybridized carbons (Fsp3) is 0.463. The van der Waals surface area contributed by atoms with Crippen molar-refractivity contribution in [3.63, 3.8) is 0 Å². The second-order valence-electron chi connectivity index (χ2n) is 14.1. The number of aromatic nitrogens is 4. The molecule has 4 heterocycles. The van der Waals surface area contributed by atoms with Crippen LogP contribution in [0.1, 0.15) is 62.5 Å². The fourth-order valence-corrected chi connectivity index (χ4v) is 7.01. The van der Waals surface area contributed by atoms with Gasteiger partial charge in [-0.05, 0) is 86.5 Å². The summed E-state index contributed by atoms with van der Waals surface area (Å²) in [6.07, 6.45) is 14.3. The zero-order valence-electron chi connectivity index (χ0n) is 33.4. The molecule has 0 spiro atoms. The zero-order chi connectivity index (χ0) is 40.6. The Labute approximate surface area is 365 Å². The maximum absolute atomic E-state index is 14.0. The number of carbonyl (C=O) groups is 2. The monoisotopic (exact) mass is 852 g/mol. The van der Waals surface area contributed by atoms with E-state index in [0.29, 0.717) is 52.2 Å². The van der Waals surface area contributed by atoms with Crippen LogP contribution in [0.25, 0.3) is 0 Å². The number of ether oxygens (including phenoxy) is 3. The van der Waals surface area contributed by atoms with Crippen LogP contribution in [0.3, 0.4) is 0 Å². The van der Waals surface area contributed by atoms with Crippen LogP contribution in [0.5, 0.6) is 11.5 Å². The summed E-state index contributed by atoms with van der Waals surface area (Å²) < 4.78 is 43.7. The van der Waals surface area contributed by atoms with Crippen LogP contribution in [0.4, 0.5) is 20.7 Å². The molecule has 2 aliphatic rings. The van der Waals surface area contributed by atoms with Gasteiger partial charge in [0.2, 0.25) is 11.9 Å². The number of anilines is 2. The van der Waals surface area contributed by atoms with Crippen molar-refractivity contribution in [3.8, 4) is 11.5 Å². The van der Waals surface area contributed by atoms with E-state index >= 15 is 0 Å². The number of carbonyl (C=O) groups excluding carboxylic acids is 1. The van der Waals surface area contributed by atoms with Gasteiger partial charge in [-0.15, -0.1) is 0 Å². The molecule has 2 fully saturated rings. The summed E-state index contributed by atoms with van der Waals surface area (Å²) in [6, 6.07) is 8.91. The number of hydrogen-bond acceptors (Lipinski definition) is 12. The number of piperidine rings is 2. The first-order valence-electron chi connectivity index (χ1n) is 19.1. The number of rotatable bonds is 16. The van der Waals surface area contributed by atoms with E-state index < -0.39 is 23.6 Å². The summed E-state index contributed by atoms with van der Waals surface area (Å²) in [5.74, 6) is 1.11. The van der Waals surface area contributed by atoms with Gasteiger partial charge >= 0.3 is 30.8 Å². The second kappa shape index (κ2) is 25.4. The van der Waals surface area contributed by atoms with Gasteiger partial charge in [-0.1, -0.05) is 35.3 Å². The predicted octanol–water partition coefficient (Wildman–Crippen LogP) is 4.86. The normalized spacial score (nSPS) is 14.3. The molecule has 6 rings (SSSR count). The average Bonchev–Trinajstić information content (AvgIpc) is 3.21. The van der Waals surface area contributed by atoms with E-state index in [9.17, 15) is 18.4 Å². The number of halogens is 4. The number of methoxy groups -OCH3 is 1. The maximum atomic E-state index is 14.0. The summed E-state index contributed by atoms with van der Waals surface area (Å²) in [5, 5.41) is 9.82. The van der Waals surface area contributed by atoms with Gasteiger partial charge in [0, 0.05) is 38.3 Å². The zero-order valence-corrected chi connectivity index (χ0v) is 34.9. The molecule has 0 bridgehead atoms. The van der Waals surface area contributed by atoms with E-state index in [0.717, 1.165) is 89.4 Å². The number of hydrogen-bond donors (Lipinski definition) is 1. The average molecular weight is 854 g/mol. The quantitative estimate of drug-likeness (QED) is 0.0923. The van der Waals surface area contributed by atoms with E-state index in [1.165, 1.54) is 25.3 Å². The van der Waals surface area contributed by atoms with E-state index in [1.807, 2.05) is 0 Å². The van der Waals surface area contributed by atoms with Gasteiger partial charge in [0.1, 0.15) is 23.1 Å². The predicted molar refractivity (Wildman–Crippen MR) is 215 cm³/mol. The molecule has 0 aliphatic carbocycles. The molecule has 0 unspecified atom stereocenters. The van der Waals surface area contributed by atoms with Crippen molar-refractivity contribution >= 4 is 47.0 Å². The Hall–Kier alpha value is -4.26. The van der Waals surface area contributed by atoms with Gasteiger partial charge in [-0.2, -0.15) is 0 Å². The van der Waals surface area contributed by atoms with Gasteiger partial charge in [0.25, 0.3) is 0 Å². The topological polar surface area (TPSA) is 170 Å². The first kappa shape index (κ1) is 49.1. The third-order valence-corrected chi connectivity index (χ3v) is 10.4. The van der Waals surface area contributed by atoms with Crippen LogP contribution in [-0.2, 0) is 27.2 Å². The van der Waals surface area contributed by atoms with Crippen molar-refractivity contribution in [2.75, 3.05) is 56.3 Å². The third-order valence-electron chi connectivity index (χ3n) is 10.0. The Bertz CT molecular complexity index is 1890. The Morgan fingerprint density at radius 3 is 1.46 bits per heavy atom. The molecule has 4 aromatic rings. The van der Waals surface area contributed by atoms with Gasteiger partial charge in [0.15, 0.2) is 0 Å². The van der Waals surface area contributed by atoms with E-state index in [2.05, 4.69) is 34.5 Å². The summed E-state index contributed by atoms with van der Waals surface area (Å²) in [7, 11) is 1.28. The van der Waals surface area contributed by atoms with Gasteiger partial charge in [-0.3, -0.25) is 9.59 Å². The summed E-state index contributed by atoms with van der Waals surface area (Å²) in [5.41, 5.74) is 0.469. The van der Waals surface area contributed by atoms with Crippen molar-refractivity contribution < 1.29 is 62.0 Å². The number of carboxylic acid groups (broad SMARTS) is 1. The van der Waals surface area contributed by atoms with Gasteiger partial charge in [0.05, 0.1) is 68.0 Å². The van der Waals surface area contributed by atoms with Crippen LogP contribution in [0.15, 0.2) is 61.2 Å². The van der Waals surface area contributed by atoms with E-state index in [-0.39, 0.29) is 42.7 Å². The van der Waals surface area contributed by atoms with E-state index in [4.69, 9.17) is 37.8 Å². The molecule has 0 radical (unpaired) electrons. The largest absolute Gasteiger partial charge is 1.00 e. The minimum atomic E-state index is -1.05. The number of carboxylic acids is 1. The smallest absolute Gasteiger partial charge is 0.870 e. The Morgan fingerprint density at radius 1 is 0.712 bits per heavy atom. The van der Waals surface area contributed by atoms with Crippen molar-refractivity contribution in [1.29, 1.82) is 0 Å². The first-order valence-corrected chi connectivity index (χ1v) is 19.9. The molecule has 2 aromatic carbocycles. The van der Waals surface area contributed by atoms with Crippen molar-refractivity contribution in [3.05, 3.63) is 94.0 Å². The minimum absolute atomic E-state index is 0. The molecule has 18 heteroatoms. The van der Waals surface area contributed by atoms with Crippen molar-refractivity contribution in [2.45, 2.75) is 64.2 Å². The van der Waals surface area contributed by atoms with Crippen molar-refractivity contribution in [2.24, 2.45) is 11.8 Å². The SMILES string of the molecule is COC(=O)Cc1ccc(OCCCC2CCN(c3ncc(Cl)cn3)CC2)cc1F.O=C(O)Cc1ccc(OCCCC2CCN(c3ncc(Cl)cn3)CC2)cc1F.[Li+].[OH-]. The number of nitrogens with zero attached hydrogens (tertiary/aromatic N) is 6. The molecule has 314 valence electrons. The molecule has 0 amide bonds. The molecular formula is C41H49Cl2F2LiN6O7. The molecule has 0 saturated carbocycles. The maximum Gasteiger partial charge on any atom is 1.00 e. The van der Waals surface area contributed by atoms with Crippen LogP contribution in [0, 0.1) is 23.5 Å². The Balaban J connectivity index is 0.000000305. The van der Waals surface area contributed by atoms with Crippen LogP contribution in [-0.4, -0.2) is 89.0 Å². The first-order chi connectivity index (χ1) is 27.6.